The molecule has 1 aliphatic heterocycles. The maximum Gasteiger partial charge on any atom is 0.233 e. The van der Waals surface area contributed by atoms with Crippen molar-refractivity contribution in [2.24, 2.45) is 23.7 Å². The topological polar surface area (TPSA) is 55.8 Å². The van der Waals surface area contributed by atoms with E-state index in [-0.39, 0.29) is 42.0 Å². The van der Waals surface area contributed by atoms with Crippen LogP contribution in [0.1, 0.15) is 6.42 Å². The summed E-state index contributed by atoms with van der Waals surface area (Å²) in [5, 5.41) is 0. The number of nitrogens with zero attached hydrogens (tertiary/aromatic N) is 1. The summed E-state index contributed by atoms with van der Waals surface area (Å²) in [6, 6.07) is 0. The average Bonchev–Trinajstić information content (AvgIpc) is 3.03. The summed E-state index contributed by atoms with van der Waals surface area (Å²) < 4.78 is 10.1. The molecule has 1 saturated heterocycles. The van der Waals surface area contributed by atoms with Gasteiger partial charge in [-0.05, 0) is 18.3 Å². The van der Waals surface area contributed by atoms with Gasteiger partial charge in [-0.25, -0.2) is 0 Å². The van der Waals surface area contributed by atoms with Crippen LogP contribution in [0.15, 0.2) is 12.2 Å². The highest BCUT2D eigenvalue weighted by Crippen LogP contribution is 2.52. The van der Waals surface area contributed by atoms with E-state index in [1.54, 1.807) is 0 Å². The van der Waals surface area contributed by atoms with Crippen LogP contribution in [0.3, 0.4) is 0 Å². The number of carbonyl (C=O) groups is 2. The Labute approximate surface area is 106 Å². The lowest BCUT2D eigenvalue weighted by Gasteiger charge is -2.21. The molecule has 4 atom stereocenters. The van der Waals surface area contributed by atoms with Crippen molar-refractivity contribution in [1.29, 1.82) is 0 Å². The number of fused-ring (bicyclic) bond motifs is 5. The average molecular weight is 251 g/mol. The van der Waals surface area contributed by atoms with Gasteiger partial charge in [-0.15, -0.1) is 0 Å². The lowest BCUT2D eigenvalue weighted by Crippen LogP contribution is -2.40. The van der Waals surface area contributed by atoms with Gasteiger partial charge in [0.05, 0.1) is 18.4 Å². The third-order valence-corrected chi connectivity index (χ3v) is 4.42. The lowest BCUT2D eigenvalue weighted by molar-refractivity contribution is -0.153. The minimum atomic E-state index is -0.540. The molecule has 3 aliphatic rings. The molecule has 2 amide bonds. The third-order valence-electron chi connectivity index (χ3n) is 4.42. The quantitative estimate of drug-likeness (QED) is 0.412. The predicted octanol–water partition coefficient (Wildman–Crippen LogP) is 0.412. The van der Waals surface area contributed by atoms with Crippen molar-refractivity contribution in [2.75, 3.05) is 20.8 Å². The van der Waals surface area contributed by atoms with E-state index in [4.69, 9.17) is 9.47 Å². The summed E-state index contributed by atoms with van der Waals surface area (Å²) >= 11 is 0. The molecular weight excluding hydrogens is 234 g/mol. The van der Waals surface area contributed by atoms with E-state index in [9.17, 15) is 9.59 Å². The highest BCUT2D eigenvalue weighted by Gasteiger charge is 2.59. The van der Waals surface area contributed by atoms with Gasteiger partial charge >= 0.3 is 0 Å². The summed E-state index contributed by atoms with van der Waals surface area (Å²) in [6.07, 6.45) is 4.59. The fraction of sp³-hybridized carbons (Fsp3) is 0.692. The van der Waals surface area contributed by atoms with Gasteiger partial charge in [0, 0.05) is 14.2 Å². The van der Waals surface area contributed by atoms with E-state index in [2.05, 4.69) is 12.2 Å². The molecule has 0 aromatic heterocycles. The largest absolute Gasteiger partial charge is 0.354 e. The number of hydrogen-bond donors (Lipinski definition) is 0. The smallest absolute Gasteiger partial charge is 0.233 e. The van der Waals surface area contributed by atoms with Gasteiger partial charge in [-0.3, -0.25) is 14.5 Å². The summed E-state index contributed by atoms with van der Waals surface area (Å²) in [6.45, 7) is 0.192. The molecule has 1 heterocycles. The first kappa shape index (κ1) is 11.9. The number of methoxy groups -OCH3 is 2. The van der Waals surface area contributed by atoms with E-state index in [0.29, 0.717) is 0 Å². The zero-order chi connectivity index (χ0) is 12.9. The normalized spacial score (nSPS) is 37.2. The number of likely N-dealkylation sites (tertiary alicyclic amines) is 1. The SMILES string of the molecule is COC(CN1C(=O)[C@@H]2[C@@H](C1=O)[C@@H]1C=C[C@@H]2C1)OC. The van der Waals surface area contributed by atoms with Crippen molar-refractivity contribution in [2.45, 2.75) is 12.7 Å². The Kier molecular flexibility index (Phi) is 2.75. The molecule has 5 nitrogen and oxygen atoms in total. The minimum Gasteiger partial charge on any atom is -0.354 e. The molecule has 2 aliphatic carbocycles. The van der Waals surface area contributed by atoms with Crippen LogP contribution in [0, 0.1) is 23.7 Å². The van der Waals surface area contributed by atoms with Crippen molar-refractivity contribution in [3.8, 4) is 0 Å². The molecule has 0 N–H and O–H groups in total. The van der Waals surface area contributed by atoms with Crippen LogP contribution < -0.4 is 0 Å². The van der Waals surface area contributed by atoms with E-state index >= 15 is 0 Å². The van der Waals surface area contributed by atoms with Crippen molar-refractivity contribution in [3.05, 3.63) is 12.2 Å². The Hall–Kier alpha value is -1.20. The zero-order valence-electron chi connectivity index (χ0n) is 10.5. The molecule has 3 rings (SSSR count). The fourth-order valence-electron chi connectivity index (χ4n) is 3.54. The molecule has 0 aromatic rings. The van der Waals surface area contributed by atoms with E-state index in [1.807, 2.05) is 0 Å². The van der Waals surface area contributed by atoms with Crippen molar-refractivity contribution < 1.29 is 19.1 Å². The zero-order valence-corrected chi connectivity index (χ0v) is 10.5. The van der Waals surface area contributed by atoms with Gasteiger partial charge in [0.15, 0.2) is 6.29 Å². The second-order valence-electron chi connectivity index (χ2n) is 5.19. The first-order valence-corrected chi connectivity index (χ1v) is 6.26. The van der Waals surface area contributed by atoms with E-state index in [1.165, 1.54) is 19.1 Å². The summed E-state index contributed by atoms with van der Waals surface area (Å²) in [7, 11) is 3.01. The standard InChI is InChI=1S/C13H17NO4/c1-17-9(18-2)6-14-12(15)10-7-3-4-8(5-7)11(10)13(14)16/h3-4,7-11H,5-6H2,1-2H3/t7-,8-,10+,11+/m1/s1. The number of hydrogen-bond acceptors (Lipinski definition) is 4. The van der Waals surface area contributed by atoms with Gasteiger partial charge in [0.1, 0.15) is 0 Å². The molecular formula is C13H17NO4. The third kappa shape index (κ3) is 1.47. The lowest BCUT2D eigenvalue weighted by atomic mass is 9.85. The molecule has 5 heteroatoms. The Balaban J connectivity index is 1.79. The van der Waals surface area contributed by atoms with E-state index < -0.39 is 6.29 Å². The van der Waals surface area contributed by atoms with Gasteiger partial charge in [0.25, 0.3) is 0 Å². The fourth-order valence-corrected chi connectivity index (χ4v) is 3.54. The van der Waals surface area contributed by atoms with Gasteiger partial charge in [0.2, 0.25) is 11.8 Å². The monoisotopic (exact) mass is 251 g/mol. The maximum atomic E-state index is 12.3. The molecule has 0 radical (unpaired) electrons. The number of allylic oxidation sites excluding steroid dienone is 2. The van der Waals surface area contributed by atoms with Crippen LogP contribution in [-0.2, 0) is 19.1 Å². The number of amides is 2. The molecule has 0 unspecified atom stereocenters. The second-order valence-corrected chi connectivity index (χ2v) is 5.19. The highest BCUT2D eigenvalue weighted by atomic mass is 16.7. The number of imide groups is 1. The van der Waals surface area contributed by atoms with Crippen LogP contribution in [-0.4, -0.2) is 43.8 Å². The first-order valence-electron chi connectivity index (χ1n) is 6.26. The van der Waals surface area contributed by atoms with Gasteiger partial charge < -0.3 is 9.47 Å². The van der Waals surface area contributed by atoms with Crippen LogP contribution in [0.4, 0.5) is 0 Å². The summed E-state index contributed by atoms with van der Waals surface area (Å²) in [5.74, 6) is 0.126. The van der Waals surface area contributed by atoms with Crippen LogP contribution in [0.25, 0.3) is 0 Å². The van der Waals surface area contributed by atoms with Gasteiger partial charge in [-0.2, -0.15) is 0 Å². The molecule has 2 bridgehead atoms. The molecule has 18 heavy (non-hydrogen) atoms. The minimum absolute atomic E-state index is 0.0547. The van der Waals surface area contributed by atoms with E-state index in [0.717, 1.165) is 6.42 Å². The van der Waals surface area contributed by atoms with Crippen LogP contribution in [0.2, 0.25) is 0 Å². The Morgan fingerprint density at radius 2 is 1.67 bits per heavy atom. The number of rotatable bonds is 4. The second kappa shape index (κ2) is 4.17. The van der Waals surface area contributed by atoms with Crippen LogP contribution >= 0.6 is 0 Å². The first-order chi connectivity index (χ1) is 8.67. The maximum absolute atomic E-state index is 12.3. The summed E-state index contributed by atoms with van der Waals surface area (Å²) in [4.78, 5) is 25.9. The molecule has 98 valence electrons. The number of ether oxygens (including phenoxy) is 2. The molecule has 0 aromatic carbocycles. The molecule has 1 saturated carbocycles. The highest BCUT2D eigenvalue weighted by molar-refractivity contribution is 6.06. The molecule has 2 fully saturated rings. The van der Waals surface area contributed by atoms with Gasteiger partial charge in [-0.1, -0.05) is 12.2 Å². The number of carbonyl (C=O) groups excluding carboxylic acids is 2. The van der Waals surface area contributed by atoms with Crippen molar-refractivity contribution >= 4 is 11.8 Å². The van der Waals surface area contributed by atoms with Crippen LogP contribution in [0.5, 0.6) is 0 Å². The molecule has 0 spiro atoms. The Morgan fingerprint density at radius 1 is 1.17 bits per heavy atom. The summed E-state index contributed by atoms with van der Waals surface area (Å²) in [5.41, 5.74) is 0. The predicted molar refractivity (Wildman–Crippen MR) is 62.2 cm³/mol. The Morgan fingerprint density at radius 3 is 2.11 bits per heavy atom. The van der Waals surface area contributed by atoms with Crippen molar-refractivity contribution in [1.82, 2.24) is 4.90 Å². The Bertz CT molecular complexity index is 385. The van der Waals surface area contributed by atoms with Crippen molar-refractivity contribution in [3.63, 3.8) is 0 Å².